The number of carbonyl (C=O) groups is 1. The molecule has 0 aliphatic rings. The Bertz CT molecular complexity index is 473. The zero-order valence-electron chi connectivity index (χ0n) is 12.2. The Hall–Kier alpha value is -0.325. The van der Waals surface area contributed by atoms with Gasteiger partial charge in [0.1, 0.15) is 5.75 Å². The van der Waals surface area contributed by atoms with Crippen LogP contribution in [0.25, 0.3) is 0 Å². The Labute approximate surface area is 135 Å². The number of aromatic hydroxyl groups is 1. The molecular formula is C13H20BINO3P. The summed E-state index contributed by atoms with van der Waals surface area (Å²) >= 11 is 2.41. The highest BCUT2D eigenvalue weighted by Crippen LogP contribution is 2.39. The SMILES string of the molecule is BP(I)c1ccc(O)c(C(C)NC(C)CC(=O)OC)c1. The average molecular weight is 407 g/mol. The third-order valence-electron chi connectivity index (χ3n) is 3.07. The lowest BCUT2D eigenvalue weighted by Crippen LogP contribution is -2.31. The first-order valence-electron chi connectivity index (χ1n) is 6.40. The quantitative estimate of drug-likeness (QED) is 0.328. The topological polar surface area (TPSA) is 58.6 Å². The van der Waals surface area contributed by atoms with Gasteiger partial charge < -0.3 is 15.2 Å². The number of nitrogens with one attached hydrogen (secondary N) is 1. The molecular weight excluding hydrogens is 387 g/mol. The molecule has 2 N–H and O–H groups in total. The monoisotopic (exact) mass is 407 g/mol. The van der Waals surface area contributed by atoms with E-state index in [1.807, 2.05) is 26.0 Å². The summed E-state index contributed by atoms with van der Waals surface area (Å²) in [6.07, 6.45) is 0.314. The molecule has 0 saturated carbocycles. The minimum Gasteiger partial charge on any atom is -0.508 e. The first-order chi connectivity index (χ1) is 9.35. The van der Waals surface area contributed by atoms with Crippen LogP contribution in [-0.4, -0.2) is 31.8 Å². The molecule has 110 valence electrons. The van der Waals surface area contributed by atoms with E-state index >= 15 is 0 Å². The molecule has 20 heavy (non-hydrogen) atoms. The fourth-order valence-electron chi connectivity index (χ4n) is 1.99. The van der Waals surface area contributed by atoms with E-state index in [1.54, 1.807) is 6.07 Å². The number of phenolic OH excluding ortho intramolecular Hbond substituents is 1. The minimum atomic E-state index is -0.237. The van der Waals surface area contributed by atoms with Gasteiger partial charge in [0, 0.05) is 17.6 Å². The number of ether oxygens (including phenoxy) is 1. The maximum absolute atomic E-state index is 11.2. The van der Waals surface area contributed by atoms with Crippen LogP contribution in [0, 0.1) is 0 Å². The molecule has 1 aromatic carbocycles. The Kier molecular flexibility index (Phi) is 7.27. The van der Waals surface area contributed by atoms with Gasteiger partial charge in [-0.15, -0.1) is 0 Å². The van der Waals surface area contributed by atoms with Crippen molar-refractivity contribution >= 4 is 46.3 Å². The Morgan fingerprint density at radius 1 is 1.55 bits per heavy atom. The Balaban J connectivity index is 2.78. The molecule has 0 aliphatic heterocycles. The fraction of sp³-hybridized carbons (Fsp3) is 0.462. The first kappa shape index (κ1) is 17.7. The van der Waals surface area contributed by atoms with Gasteiger partial charge in [-0.1, -0.05) is 33.5 Å². The standard InChI is InChI=1S/C13H20BINO3P/c1-8(6-13(18)19-3)16-9(2)11-7-10(20(14)15)4-5-12(11)17/h4-5,7-9,16-17H,6,14H2,1-3H3. The second-order valence-corrected chi connectivity index (χ2v) is 10.6. The third-order valence-corrected chi connectivity index (χ3v) is 5.73. The zero-order valence-corrected chi connectivity index (χ0v) is 15.2. The van der Waals surface area contributed by atoms with Crippen LogP contribution in [0.5, 0.6) is 5.75 Å². The number of methoxy groups -OCH3 is 1. The van der Waals surface area contributed by atoms with Crippen LogP contribution in [0.1, 0.15) is 31.9 Å². The molecule has 1 rings (SSSR count). The molecule has 0 amide bonds. The van der Waals surface area contributed by atoms with Gasteiger partial charge in [-0.25, -0.2) is 0 Å². The average Bonchev–Trinajstić information content (AvgIpc) is 2.38. The molecule has 0 radical (unpaired) electrons. The number of esters is 1. The molecule has 7 heteroatoms. The van der Waals surface area contributed by atoms with E-state index in [9.17, 15) is 9.90 Å². The van der Waals surface area contributed by atoms with Crippen molar-refractivity contribution in [2.75, 3.05) is 7.11 Å². The molecule has 4 nitrogen and oxygen atoms in total. The van der Waals surface area contributed by atoms with E-state index in [2.05, 4.69) is 39.7 Å². The lowest BCUT2D eigenvalue weighted by atomic mass is 10.1. The van der Waals surface area contributed by atoms with Gasteiger partial charge in [-0.2, -0.15) is 0 Å². The van der Waals surface area contributed by atoms with E-state index in [0.29, 0.717) is 6.42 Å². The number of hydrogen-bond donors (Lipinski definition) is 2. The second kappa shape index (κ2) is 8.20. The molecule has 0 heterocycles. The normalized spacial score (nSPS) is 15.4. The Morgan fingerprint density at radius 3 is 2.75 bits per heavy atom. The second-order valence-electron chi connectivity index (χ2n) is 4.79. The molecule has 0 saturated heterocycles. The van der Waals surface area contributed by atoms with Gasteiger partial charge >= 0.3 is 5.97 Å². The van der Waals surface area contributed by atoms with Crippen molar-refractivity contribution in [3.63, 3.8) is 0 Å². The predicted molar refractivity (Wildman–Crippen MR) is 94.9 cm³/mol. The van der Waals surface area contributed by atoms with Crippen molar-refractivity contribution in [3.05, 3.63) is 23.8 Å². The van der Waals surface area contributed by atoms with Crippen molar-refractivity contribution in [2.45, 2.75) is 32.4 Å². The highest BCUT2D eigenvalue weighted by molar-refractivity contribution is 14.2. The predicted octanol–water partition coefficient (Wildman–Crippen LogP) is 2.00. The van der Waals surface area contributed by atoms with E-state index < -0.39 is 0 Å². The highest BCUT2D eigenvalue weighted by atomic mass is 127. The van der Waals surface area contributed by atoms with E-state index in [-0.39, 0.29) is 29.2 Å². The van der Waals surface area contributed by atoms with E-state index in [4.69, 9.17) is 0 Å². The summed E-state index contributed by atoms with van der Waals surface area (Å²) in [4.78, 5) is 11.2. The van der Waals surface area contributed by atoms with Gasteiger partial charge in [0.15, 0.2) is 7.57 Å². The summed E-state index contributed by atoms with van der Waals surface area (Å²) < 4.78 is 4.66. The lowest BCUT2D eigenvalue weighted by Gasteiger charge is -2.21. The van der Waals surface area contributed by atoms with Gasteiger partial charge in [-0.3, -0.25) is 4.79 Å². The van der Waals surface area contributed by atoms with Crippen molar-refractivity contribution in [3.8, 4) is 5.75 Å². The summed E-state index contributed by atoms with van der Waals surface area (Å²) in [6.45, 7) is 3.91. The summed E-state index contributed by atoms with van der Waals surface area (Å²) in [5.41, 5.74) is 0.637. The van der Waals surface area contributed by atoms with Crippen LogP contribution >= 0.6 is 27.5 Å². The summed E-state index contributed by atoms with van der Waals surface area (Å²) in [6, 6.07) is 5.70. The van der Waals surface area contributed by atoms with E-state index in [1.165, 1.54) is 12.4 Å². The first-order valence-corrected chi connectivity index (χ1v) is 11.0. The Morgan fingerprint density at radius 2 is 2.20 bits per heavy atom. The van der Waals surface area contributed by atoms with Crippen LogP contribution in [0.3, 0.4) is 0 Å². The molecule has 3 unspecified atom stereocenters. The van der Waals surface area contributed by atoms with Crippen molar-refractivity contribution in [1.82, 2.24) is 5.32 Å². The van der Waals surface area contributed by atoms with Crippen molar-refractivity contribution in [2.24, 2.45) is 0 Å². The van der Waals surface area contributed by atoms with Gasteiger partial charge in [-0.05, 0) is 31.3 Å². The number of phenols is 1. The lowest BCUT2D eigenvalue weighted by molar-refractivity contribution is -0.141. The van der Waals surface area contributed by atoms with Gasteiger partial charge in [0.25, 0.3) is 0 Å². The van der Waals surface area contributed by atoms with E-state index in [0.717, 1.165) is 5.56 Å². The number of halogens is 1. The van der Waals surface area contributed by atoms with Gasteiger partial charge in [0.05, 0.1) is 13.5 Å². The number of benzene rings is 1. The van der Waals surface area contributed by atoms with Crippen LogP contribution < -0.4 is 10.6 Å². The van der Waals surface area contributed by atoms with Crippen molar-refractivity contribution < 1.29 is 14.6 Å². The van der Waals surface area contributed by atoms with Gasteiger partial charge in [0.2, 0.25) is 0 Å². The van der Waals surface area contributed by atoms with Crippen LogP contribution in [0.2, 0.25) is 0 Å². The maximum atomic E-state index is 11.2. The molecule has 0 aliphatic carbocycles. The maximum Gasteiger partial charge on any atom is 0.307 e. The molecule has 0 bridgehead atoms. The van der Waals surface area contributed by atoms with Crippen LogP contribution in [0.4, 0.5) is 0 Å². The molecule has 3 atom stereocenters. The van der Waals surface area contributed by atoms with Crippen molar-refractivity contribution in [1.29, 1.82) is 0 Å². The minimum absolute atomic E-state index is 0.0109. The summed E-state index contributed by atoms with van der Waals surface area (Å²) in [7, 11) is 3.56. The summed E-state index contributed by atoms with van der Waals surface area (Å²) in [5, 5.41) is 14.6. The molecule has 0 aromatic heterocycles. The number of rotatable bonds is 6. The molecule has 0 fully saturated rings. The molecule has 1 aromatic rings. The summed E-state index contributed by atoms with van der Waals surface area (Å²) in [5.74, 6) is 0.0479. The highest BCUT2D eigenvalue weighted by Gasteiger charge is 2.16. The smallest absolute Gasteiger partial charge is 0.307 e. The van der Waals surface area contributed by atoms with Crippen LogP contribution in [0.15, 0.2) is 18.2 Å². The third kappa shape index (κ3) is 5.22. The fourth-order valence-corrected chi connectivity index (χ4v) is 3.49. The largest absolute Gasteiger partial charge is 0.508 e. The molecule has 0 spiro atoms. The zero-order chi connectivity index (χ0) is 15.3. The number of carbonyl (C=O) groups excluding carboxylic acids is 1. The van der Waals surface area contributed by atoms with Crippen LogP contribution in [-0.2, 0) is 9.53 Å². The number of hydrogen-bond acceptors (Lipinski definition) is 4.